The molecule has 3 N–H and O–H groups in total. The molecular formula is C17H17FN2O. The van der Waals surface area contributed by atoms with Gasteiger partial charge in [0.25, 0.3) is 5.91 Å². The summed E-state index contributed by atoms with van der Waals surface area (Å²) in [5.41, 5.74) is 7.69. The molecule has 1 fully saturated rings. The van der Waals surface area contributed by atoms with Crippen molar-refractivity contribution in [1.29, 1.82) is 0 Å². The van der Waals surface area contributed by atoms with Crippen LogP contribution in [-0.2, 0) is 0 Å². The smallest absolute Gasteiger partial charge is 0.254 e. The van der Waals surface area contributed by atoms with Crippen LogP contribution in [0.1, 0.15) is 33.8 Å². The van der Waals surface area contributed by atoms with Gasteiger partial charge in [0.1, 0.15) is 5.82 Å². The minimum absolute atomic E-state index is 0.0196. The van der Waals surface area contributed by atoms with Crippen LogP contribution >= 0.6 is 0 Å². The van der Waals surface area contributed by atoms with Crippen molar-refractivity contribution in [1.82, 2.24) is 5.32 Å². The molecule has 2 aromatic rings. The molecule has 2 atom stereocenters. The van der Waals surface area contributed by atoms with Gasteiger partial charge < -0.3 is 11.1 Å². The third kappa shape index (κ3) is 2.75. The minimum atomic E-state index is -0.501. The number of carbonyl (C=O) groups excluding carboxylic acids is 1. The first-order valence-corrected chi connectivity index (χ1v) is 6.97. The summed E-state index contributed by atoms with van der Waals surface area (Å²) in [6.07, 6.45) is 0.888. The molecule has 2 aromatic carbocycles. The third-order valence-corrected chi connectivity index (χ3v) is 3.86. The summed E-state index contributed by atoms with van der Waals surface area (Å²) in [5.74, 6) is -0.578. The number of aryl methyl sites for hydroxylation is 1. The standard InChI is InChI=1S/C17H17FN2O/c1-10-7-12(19)8-14(16(10)18)17(21)20-15-9-13(15)11-5-3-2-4-6-11/h2-8,13,15H,9,19H2,1H3,(H,20,21). The maximum atomic E-state index is 14.0. The van der Waals surface area contributed by atoms with Crippen LogP contribution in [-0.4, -0.2) is 11.9 Å². The SMILES string of the molecule is Cc1cc(N)cc(C(=O)NC2CC2c2ccccc2)c1F. The molecule has 1 amide bonds. The molecule has 1 aliphatic rings. The number of nitrogens with two attached hydrogens (primary N) is 1. The fourth-order valence-corrected chi connectivity index (χ4v) is 2.63. The highest BCUT2D eigenvalue weighted by molar-refractivity contribution is 5.96. The van der Waals surface area contributed by atoms with Crippen LogP contribution in [0.15, 0.2) is 42.5 Å². The van der Waals surface area contributed by atoms with Gasteiger partial charge in [0.15, 0.2) is 0 Å². The summed E-state index contributed by atoms with van der Waals surface area (Å²) in [6, 6.07) is 13.0. The molecule has 0 heterocycles. The zero-order chi connectivity index (χ0) is 15.0. The van der Waals surface area contributed by atoms with Crippen LogP contribution in [0, 0.1) is 12.7 Å². The van der Waals surface area contributed by atoms with Gasteiger partial charge in [-0.3, -0.25) is 4.79 Å². The van der Waals surface area contributed by atoms with Crippen LogP contribution in [0.25, 0.3) is 0 Å². The molecule has 0 radical (unpaired) electrons. The highest BCUT2D eigenvalue weighted by Crippen LogP contribution is 2.40. The number of carbonyl (C=O) groups is 1. The van der Waals surface area contributed by atoms with Crippen LogP contribution in [0.4, 0.5) is 10.1 Å². The monoisotopic (exact) mass is 284 g/mol. The lowest BCUT2D eigenvalue weighted by molar-refractivity contribution is 0.0946. The summed E-state index contributed by atoms with van der Waals surface area (Å²) in [7, 11) is 0. The lowest BCUT2D eigenvalue weighted by atomic mass is 10.1. The third-order valence-electron chi connectivity index (χ3n) is 3.86. The Bertz CT molecular complexity index is 685. The van der Waals surface area contributed by atoms with E-state index in [1.54, 1.807) is 6.92 Å². The van der Waals surface area contributed by atoms with E-state index in [0.717, 1.165) is 6.42 Å². The largest absolute Gasteiger partial charge is 0.399 e. The minimum Gasteiger partial charge on any atom is -0.399 e. The van der Waals surface area contributed by atoms with E-state index < -0.39 is 11.7 Å². The van der Waals surface area contributed by atoms with Crippen molar-refractivity contribution >= 4 is 11.6 Å². The van der Waals surface area contributed by atoms with Crippen molar-refractivity contribution in [3.05, 3.63) is 65.0 Å². The van der Waals surface area contributed by atoms with Crippen LogP contribution in [0.3, 0.4) is 0 Å². The van der Waals surface area contributed by atoms with Gasteiger partial charge in [0.2, 0.25) is 0 Å². The first-order chi connectivity index (χ1) is 10.1. The van der Waals surface area contributed by atoms with E-state index in [0.29, 0.717) is 17.2 Å². The first-order valence-electron chi connectivity index (χ1n) is 6.97. The van der Waals surface area contributed by atoms with E-state index in [1.807, 2.05) is 30.3 Å². The van der Waals surface area contributed by atoms with Crippen molar-refractivity contribution < 1.29 is 9.18 Å². The van der Waals surface area contributed by atoms with E-state index in [1.165, 1.54) is 17.7 Å². The Morgan fingerprint density at radius 1 is 1.29 bits per heavy atom. The molecule has 0 aromatic heterocycles. The Kier molecular flexibility index (Phi) is 3.37. The molecular weight excluding hydrogens is 267 g/mol. The Morgan fingerprint density at radius 2 is 2.00 bits per heavy atom. The van der Waals surface area contributed by atoms with E-state index >= 15 is 0 Å². The summed E-state index contributed by atoms with van der Waals surface area (Å²) in [4.78, 5) is 12.2. The second kappa shape index (κ2) is 5.20. The molecule has 1 aliphatic carbocycles. The lowest BCUT2D eigenvalue weighted by Gasteiger charge is -2.09. The fraction of sp³-hybridized carbons (Fsp3) is 0.235. The number of amides is 1. The normalized spacial score (nSPS) is 20.1. The number of rotatable bonds is 3. The Morgan fingerprint density at radius 3 is 2.71 bits per heavy atom. The highest BCUT2D eigenvalue weighted by Gasteiger charge is 2.39. The van der Waals surface area contributed by atoms with Crippen molar-refractivity contribution in [2.24, 2.45) is 0 Å². The number of nitrogen functional groups attached to an aromatic ring is 1. The maximum absolute atomic E-state index is 14.0. The Labute approximate surface area is 123 Å². The summed E-state index contributed by atoms with van der Waals surface area (Å²) >= 11 is 0. The van der Waals surface area contributed by atoms with Crippen LogP contribution < -0.4 is 11.1 Å². The van der Waals surface area contributed by atoms with Gasteiger partial charge in [-0.05, 0) is 36.6 Å². The van der Waals surface area contributed by atoms with Crippen LogP contribution in [0.5, 0.6) is 0 Å². The van der Waals surface area contributed by atoms with E-state index in [2.05, 4.69) is 5.32 Å². The molecule has 0 bridgehead atoms. The van der Waals surface area contributed by atoms with Gasteiger partial charge in [0, 0.05) is 17.6 Å². The zero-order valence-electron chi connectivity index (χ0n) is 11.8. The van der Waals surface area contributed by atoms with E-state index in [4.69, 9.17) is 5.73 Å². The topological polar surface area (TPSA) is 55.1 Å². The molecule has 21 heavy (non-hydrogen) atoms. The van der Waals surface area contributed by atoms with Gasteiger partial charge in [-0.15, -0.1) is 0 Å². The molecule has 0 spiro atoms. The number of benzene rings is 2. The molecule has 0 saturated heterocycles. The van der Waals surface area contributed by atoms with Gasteiger partial charge in [-0.1, -0.05) is 30.3 Å². The number of hydrogen-bond donors (Lipinski definition) is 2. The van der Waals surface area contributed by atoms with Crippen molar-refractivity contribution in [2.75, 3.05) is 5.73 Å². The number of nitrogens with one attached hydrogen (secondary N) is 1. The fourth-order valence-electron chi connectivity index (χ4n) is 2.63. The quantitative estimate of drug-likeness (QED) is 0.851. The molecule has 3 nitrogen and oxygen atoms in total. The average Bonchev–Trinajstić information content (AvgIpc) is 3.23. The first kappa shape index (κ1) is 13.6. The summed E-state index contributed by atoms with van der Waals surface area (Å²) < 4.78 is 14.0. The highest BCUT2D eigenvalue weighted by atomic mass is 19.1. The zero-order valence-corrected chi connectivity index (χ0v) is 11.8. The predicted octanol–water partition coefficient (Wildman–Crippen LogP) is 3.00. The van der Waals surface area contributed by atoms with Gasteiger partial charge in [-0.2, -0.15) is 0 Å². The number of anilines is 1. The van der Waals surface area contributed by atoms with Crippen molar-refractivity contribution in [3.63, 3.8) is 0 Å². The second-order valence-corrected chi connectivity index (χ2v) is 5.53. The summed E-state index contributed by atoms with van der Waals surface area (Å²) in [5, 5.41) is 2.88. The average molecular weight is 284 g/mol. The number of halogens is 1. The van der Waals surface area contributed by atoms with Gasteiger partial charge in [0.05, 0.1) is 5.56 Å². The molecule has 2 unspecified atom stereocenters. The summed E-state index contributed by atoms with van der Waals surface area (Å²) in [6.45, 7) is 1.60. The Balaban J connectivity index is 1.72. The molecule has 0 aliphatic heterocycles. The van der Waals surface area contributed by atoms with E-state index in [9.17, 15) is 9.18 Å². The van der Waals surface area contributed by atoms with Gasteiger partial charge >= 0.3 is 0 Å². The Hall–Kier alpha value is -2.36. The maximum Gasteiger partial charge on any atom is 0.254 e. The van der Waals surface area contributed by atoms with E-state index in [-0.39, 0.29) is 11.6 Å². The van der Waals surface area contributed by atoms with Gasteiger partial charge in [-0.25, -0.2) is 4.39 Å². The number of hydrogen-bond acceptors (Lipinski definition) is 2. The van der Waals surface area contributed by atoms with Crippen molar-refractivity contribution in [3.8, 4) is 0 Å². The molecule has 108 valence electrons. The molecule has 3 rings (SSSR count). The second-order valence-electron chi connectivity index (χ2n) is 5.53. The lowest BCUT2D eigenvalue weighted by Crippen LogP contribution is -2.27. The van der Waals surface area contributed by atoms with Crippen LogP contribution in [0.2, 0.25) is 0 Å². The van der Waals surface area contributed by atoms with Crippen molar-refractivity contribution in [2.45, 2.75) is 25.3 Å². The molecule has 1 saturated carbocycles. The predicted molar refractivity (Wildman–Crippen MR) is 80.6 cm³/mol. The molecule has 4 heteroatoms.